The molecule has 0 aromatic heterocycles. The minimum absolute atomic E-state index is 0.820. The minimum atomic E-state index is 0.820. The highest BCUT2D eigenvalue weighted by Gasteiger charge is 2.34. The van der Waals surface area contributed by atoms with Crippen molar-refractivity contribution in [2.75, 3.05) is 20.3 Å². The number of nitrogens with two attached hydrogens (primary N) is 1. The third kappa shape index (κ3) is 1.95. The van der Waals surface area contributed by atoms with Crippen molar-refractivity contribution in [1.29, 1.82) is 0 Å². The van der Waals surface area contributed by atoms with E-state index >= 15 is 0 Å². The van der Waals surface area contributed by atoms with Crippen LogP contribution in [0.4, 0.5) is 0 Å². The highest BCUT2D eigenvalue weighted by Crippen LogP contribution is 2.39. The van der Waals surface area contributed by atoms with Gasteiger partial charge in [-0.15, -0.1) is 0 Å². The highest BCUT2D eigenvalue weighted by molar-refractivity contribution is 4.86. The lowest BCUT2D eigenvalue weighted by atomic mass is 10.2. The summed E-state index contributed by atoms with van der Waals surface area (Å²) in [4.78, 5) is 0. The van der Waals surface area contributed by atoms with E-state index in [0.717, 1.165) is 25.0 Å². The van der Waals surface area contributed by atoms with Gasteiger partial charge in [0, 0.05) is 13.7 Å². The number of hydrogen-bond donors (Lipinski definition) is 1. The third-order valence-electron chi connectivity index (χ3n) is 2.06. The Morgan fingerprint density at radius 2 is 2.33 bits per heavy atom. The lowest BCUT2D eigenvalue weighted by Gasteiger charge is -1.95. The lowest BCUT2D eigenvalue weighted by molar-refractivity contribution is 0.188. The largest absolute Gasteiger partial charge is 0.385 e. The first kappa shape index (κ1) is 7.03. The Bertz CT molecular complexity index is 85.0. The van der Waals surface area contributed by atoms with E-state index in [1.807, 2.05) is 0 Å². The Hall–Kier alpha value is -0.0800. The van der Waals surface area contributed by atoms with Gasteiger partial charge in [-0.05, 0) is 31.2 Å². The molecule has 1 fully saturated rings. The molecule has 54 valence electrons. The van der Waals surface area contributed by atoms with Crippen molar-refractivity contribution in [2.24, 2.45) is 17.6 Å². The molecule has 2 atom stereocenters. The molecule has 0 unspecified atom stereocenters. The topological polar surface area (TPSA) is 35.2 Å². The molecule has 2 heteroatoms. The van der Waals surface area contributed by atoms with Crippen LogP contribution in [-0.2, 0) is 4.74 Å². The molecular weight excluding hydrogens is 114 g/mol. The first-order valence-corrected chi connectivity index (χ1v) is 3.57. The van der Waals surface area contributed by atoms with Crippen LogP contribution in [-0.4, -0.2) is 20.3 Å². The van der Waals surface area contributed by atoms with Crippen molar-refractivity contribution in [2.45, 2.75) is 12.8 Å². The molecule has 2 N–H and O–H groups in total. The maximum atomic E-state index is 5.46. The number of hydrogen-bond acceptors (Lipinski definition) is 2. The van der Waals surface area contributed by atoms with Gasteiger partial charge in [0.25, 0.3) is 0 Å². The average molecular weight is 129 g/mol. The summed E-state index contributed by atoms with van der Waals surface area (Å²) >= 11 is 0. The van der Waals surface area contributed by atoms with Crippen molar-refractivity contribution < 1.29 is 4.74 Å². The zero-order valence-electron chi connectivity index (χ0n) is 5.97. The standard InChI is InChI=1S/C7H15NO/c1-9-3-2-6-4-7(6)5-8/h6-7H,2-5,8H2,1H3/t6-,7+/m1/s1. The fourth-order valence-electron chi connectivity index (χ4n) is 1.22. The van der Waals surface area contributed by atoms with Gasteiger partial charge >= 0.3 is 0 Å². The molecule has 1 aliphatic carbocycles. The second kappa shape index (κ2) is 3.18. The lowest BCUT2D eigenvalue weighted by Crippen LogP contribution is -2.03. The molecule has 0 aromatic rings. The quantitative estimate of drug-likeness (QED) is 0.604. The van der Waals surface area contributed by atoms with Crippen LogP contribution in [0.25, 0.3) is 0 Å². The molecular formula is C7H15NO. The van der Waals surface area contributed by atoms with Gasteiger partial charge in [0.05, 0.1) is 0 Å². The van der Waals surface area contributed by atoms with Crippen LogP contribution in [0.5, 0.6) is 0 Å². The summed E-state index contributed by atoms with van der Waals surface area (Å²) in [5.74, 6) is 1.70. The van der Waals surface area contributed by atoms with Gasteiger partial charge in [-0.2, -0.15) is 0 Å². The van der Waals surface area contributed by atoms with E-state index in [4.69, 9.17) is 10.5 Å². The molecule has 0 saturated heterocycles. The number of ether oxygens (including phenoxy) is 1. The van der Waals surface area contributed by atoms with Crippen LogP contribution >= 0.6 is 0 Å². The van der Waals surface area contributed by atoms with Crippen LogP contribution in [0.15, 0.2) is 0 Å². The maximum Gasteiger partial charge on any atom is 0.0465 e. The second-order valence-electron chi connectivity index (χ2n) is 2.77. The monoisotopic (exact) mass is 129 g/mol. The molecule has 1 aliphatic rings. The van der Waals surface area contributed by atoms with Crippen molar-refractivity contribution in [3.8, 4) is 0 Å². The Kier molecular flexibility index (Phi) is 2.49. The van der Waals surface area contributed by atoms with E-state index in [1.54, 1.807) is 7.11 Å². The normalized spacial score (nSPS) is 32.7. The molecule has 9 heavy (non-hydrogen) atoms. The van der Waals surface area contributed by atoms with E-state index in [1.165, 1.54) is 12.8 Å². The van der Waals surface area contributed by atoms with Crippen molar-refractivity contribution in [1.82, 2.24) is 0 Å². The Morgan fingerprint density at radius 3 is 2.78 bits per heavy atom. The van der Waals surface area contributed by atoms with Gasteiger partial charge in [-0.1, -0.05) is 0 Å². The van der Waals surface area contributed by atoms with Crippen molar-refractivity contribution >= 4 is 0 Å². The summed E-state index contributed by atoms with van der Waals surface area (Å²) in [7, 11) is 1.75. The first-order chi connectivity index (χ1) is 4.38. The molecule has 1 saturated carbocycles. The van der Waals surface area contributed by atoms with Crippen molar-refractivity contribution in [3.63, 3.8) is 0 Å². The zero-order valence-corrected chi connectivity index (χ0v) is 5.97. The SMILES string of the molecule is COCC[C@@H]1C[C@H]1CN. The van der Waals surface area contributed by atoms with Crippen LogP contribution in [0.2, 0.25) is 0 Å². The summed E-state index contributed by atoms with van der Waals surface area (Å²) < 4.78 is 4.94. The summed E-state index contributed by atoms with van der Waals surface area (Å²) in [6.07, 6.45) is 2.54. The molecule has 0 radical (unpaired) electrons. The van der Waals surface area contributed by atoms with E-state index in [9.17, 15) is 0 Å². The third-order valence-corrected chi connectivity index (χ3v) is 2.06. The average Bonchev–Trinajstić information content (AvgIpc) is 2.62. The van der Waals surface area contributed by atoms with Crippen LogP contribution in [0, 0.1) is 11.8 Å². The smallest absolute Gasteiger partial charge is 0.0465 e. The molecule has 0 spiro atoms. The number of rotatable bonds is 4. The predicted octanol–water partition coefficient (Wildman–Crippen LogP) is 0.618. The Labute approximate surface area is 56.4 Å². The van der Waals surface area contributed by atoms with Crippen LogP contribution in [0.1, 0.15) is 12.8 Å². The van der Waals surface area contributed by atoms with Crippen LogP contribution < -0.4 is 5.73 Å². The van der Waals surface area contributed by atoms with Gasteiger partial charge < -0.3 is 10.5 Å². The van der Waals surface area contributed by atoms with Gasteiger partial charge in [-0.25, -0.2) is 0 Å². The molecule has 2 nitrogen and oxygen atoms in total. The fraction of sp³-hybridized carbons (Fsp3) is 1.00. The molecule has 0 aromatic carbocycles. The number of methoxy groups -OCH3 is 1. The van der Waals surface area contributed by atoms with E-state index in [-0.39, 0.29) is 0 Å². The molecule has 0 bridgehead atoms. The summed E-state index contributed by atoms with van der Waals surface area (Å²) in [6.45, 7) is 1.77. The first-order valence-electron chi connectivity index (χ1n) is 3.57. The van der Waals surface area contributed by atoms with E-state index < -0.39 is 0 Å². The fourth-order valence-corrected chi connectivity index (χ4v) is 1.22. The molecule has 0 aliphatic heterocycles. The Morgan fingerprint density at radius 1 is 1.56 bits per heavy atom. The van der Waals surface area contributed by atoms with E-state index in [2.05, 4.69) is 0 Å². The minimum Gasteiger partial charge on any atom is -0.385 e. The highest BCUT2D eigenvalue weighted by atomic mass is 16.5. The second-order valence-corrected chi connectivity index (χ2v) is 2.77. The molecule has 0 heterocycles. The molecule has 1 rings (SSSR count). The summed E-state index contributed by atoms with van der Waals surface area (Å²) in [5.41, 5.74) is 5.46. The van der Waals surface area contributed by atoms with E-state index in [0.29, 0.717) is 0 Å². The maximum absolute atomic E-state index is 5.46. The summed E-state index contributed by atoms with van der Waals surface area (Å²) in [6, 6.07) is 0. The van der Waals surface area contributed by atoms with Crippen LogP contribution in [0.3, 0.4) is 0 Å². The summed E-state index contributed by atoms with van der Waals surface area (Å²) in [5, 5.41) is 0. The van der Waals surface area contributed by atoms with Gasteiger partial charge in [0.1, 0.15) is 0 Å². The van der Waals surface area contributed by atoms with Gasteiger partial charge in [0.2, 0.25) is 0 Å². The Balaban J connectivity index is 1.92. The van der Waals surface area contributed by atoms with Crippen molar-refractivity contribution in [3.05, 3.63) is 0 Å². The zero-order chi connectivity index (χ0) is 6.69. The van der Waals surface area contributed by atoms with Gasteiger partial charge in [0.15, 0.2) is 0 Å². The van der Waals surface area contributed by atoms with Gasteiger partial charge in [-0.3, -0.25) is 0 Å². The predicted molar refractivity (Wildman–Crippen MR) is 37.1 cm³/mol. The molecule has 0 amide bonds.